The Morgan fingerprint density at radius 2 is 1.88 bits per heavy atom. The van der Waals surface area contributed by atoms with Gasteiger partial charge in [-0.15, -0.1) is 5.54 Å². The van der Waals surface area contributed by atoms with E-state index in [9.17, 15) is 9.59 Å². The van der Waals surface area contributed by atoms with Gasteiger partial charge in [-0.25, -0.2) is 4.79 Å². The van der Waals surface area contributed by atoms with Crippen molar-refractivity contribution >= 4 is 8.07 Å². The van der Waals surface area contributed by atoms with Crippen molar-refractivity contribution in [1.29, 1.82) is 0 Å². The van der Waals surface area contributed by atoms with Gasteiger partial charge in [-0.1, -0.05) is 55.9 Å². The molecule has 1 aromatic carbocycles. The minimum absolute atomic E-state index is 0.0385. The number of H-pyrrole nitrogens is 1. The van der Waals surface area contributed by atoms with Crippen molar-refractivity contribution < 1.29 is 4.84 Å². The van der Waals surface area contributed by atoms with Crippen LogP contribution in [-0.2, 0) is 4.84 Å². The van der Waals surface area contributed by atoms with Gasteiger partial charge in [0.15, 0.2) is 6.23 Å². The van der Waals surface area contributed by atoms with Crippen LogP contribution in [-0.4, -0.2) is 29.7 Å². The van der Waals surface area contributed by atoms with E-state index < -0.39 is 25.6 Å². The van der Waals surface area contributed by atoms with Crippen molar-refractivity contribution in [1.82, 2.24) is 14.6 Å². The minimum Gasteiger partial charge on any atom is -0.273 e. The average molecular weight is 369 g/mol. The Kier molecular flexibility index (Phi) is 5.00. The Morgan fingerprint density at radius 1 is 1.19 bits per heavy atom. The minimum atomic E-state index is -1.63. The van der Waals surface area contributed by atoms with Crippen LogP contribution in [0.5, 0.6) is 0 Å². The number of aromatic amines is 1. The highest BCUT2D eigenvalue weighted by atomic mass is 28.3. The molecule has 7 heteroatoms. The van der Waals surface area contributed by atoms with Crippen LogP contribution in [0.1, 0.15) is 29.8 Å². The largest absolute Gasteiger partial charge is 0.330 e. The predicted octanol–water partition coefficient (Wildman–Crippen LogP) is 2.27. The number of nitrogens with zero attached hydrogens (tertiary/aromatic N) is 2. The molecule has 1 saturated heterocycles. The maximum Gasteiger partial charge on any atom is 0.330 e. The van der Waals surface area contributed by atoms with E-state index in [1.807, 2.05) is 37.4 Å². The highest BCUT2D eigenvalue weighted by molar-refractivity contribution is 6.83. The maximum absolute atomic E-state index is 12.3. The second-order valence-corrected chi connectivity index (χ2v) is 12.2. The van der Waals surface area contributed by atoms with Gasteiger partial charge in [0.25, 0.3) is 5.56 Å². The number of hydroxylamine groups is 2. The number of rotatable bonds is 2. The average Bonchev–Trinajstić information content (AvgIpc) is 2.95. The molecule has 0 radical (unpaired) electrons. The van der Waals surface area contributed by atoms with Crippen LogP contribution < -0.4 is 11.2 Å². The first kappa shape index (κ1) is 18.4. The number of benzene rings is 1. The van der Waals surface area contributed by atoms with Crippen LogP contribution in [0, 0.1) is 11.5 Å². The number of hydrogen-bond donors (Lipinski definition) is 1. The van der Waals surface area contributed by atoms with Crippen LogP contribution in [0.25, 0.3) is 0 Å². The zero-order chi connectivity index (χ0) is 18.9. The maximum atomic E-state index is 12.3. The van der Waals surface area contributed by atoms with Crippen LogP contribution in [0.4, 0.5) is 0 Å². The second-order valence-electron chi connectivity index (χ2n) is 7.48. The van der Waals surface area contributed by atoms with Gasteiger partial charge in [0.1, 0.15) is 13.6 Å². The molecule has 6 nitrogen and oxygen atoms in total. The zero-order valence-electron chi connectivity index (χ0n) is 15.4. The molecular weight excluding hydrogens is 346 g/mol. The molecule has 2 aromatic rings. The molecule has 0 saturated carbocycles. The van der Waals surface area contributed by atoms with Crippen molar-refractivity contribution in [3.63, 3.8) is 0 Å². The molecule has 1 fully saturated rings. The summed E-state index contributed by atoms with van der Waals surface area (Å²) in [5.41, 5.74) is 3.63. The molecular formula is C19H23N3O3Si. The second kappa shape index (κ2) is 7.07. The molecule has 0 aliphatic carbocycles. The summed E-state index contributed by atoms with van der Waals surface area (Å²) in [6, 6.07) is 10.0. The van der Waals surface area contributed by atoms with Crippen LogP contribution in [0.15, 0.2) is 46.1 Å². The van der Waals surface area contributed by atoms with Gasteiger partial charge in [-0.3, -0.25) is 19.2 Å². The van der Waals surface area contributed by atoms with Gasteiger partial charge in [-0.2, -0.15) is 5.06 Å². The molecule has 0 spiro atoms. The van der Waals surface area contributed by atoms with E-state index in [4.69, 9.17) is 4.84 Å². The third kappa shape index (κ3) is 4.04. The van der Waals surface area contributed by atoms with E-state index in [1.165, 1.54) is 10.8 Å². The standard InChI is InChI=1S/C19H23N3O3Si/c1-21-16(14-8-6-5-7-9-14)12-17(25-21)22-13-15(10-11-26(2,3)4)18(23)20-19(22)24/h5-9,13,16-17H,12H2,1-4H3,(H,20,23,24)/t16-,17+/m1/s1. The Balaban J connectivity index is 1.93. The fourth-order valence-corrected chi connectivity index (χ4v) is 3.39. The summed E-state index contributed by atoms with van der Waals surface area (Å²) in [4.78, 5) is 32.6. The molecule has 1 aliphatic heterocycles. The molecule has 1 aromatic heterocycles. The first-order valence-electron chi connectivity index (χ1n) is 8.58. The molecule has 2 heterocycles. The lowest BCUT2D eigenvalue weighted by Crippen LogP contribution is -2.33. The first-order valence-corrected chi connectivity index (χ1v) is 12.1. The molecule has 0 bridgehead atoms. The highest BCUT2D eigenvalue weighted by Crippen LogP contribution is 2.37. The Labute approximate surface area is 153 Å². The van der Waals surface area contributed by atoms with Gasteiger partial charge in [0.05, 0.1) is 6.04 Å². The molecule has 0 amide bonds. The van der Waals surface area contributed by atoms with E-state index in [2.05, 4.69) is 36.1 Å². The van der Waals surface area contributed by atoms with Crippen molar-refractivity contribution in [3.05, 3.63) is 68.5 Å². The highest BCUT2D eigenvalue weighted by Gasteiger charge is 2.33. The molecule has 3 rings (SSSR count). The SMILES string of the molecule is CN1O[C@H](n2cc(C#C[Si](C)(C)C)c(=O)[nH]c2=O)C[C@@H]1c1ccccc1. The van der Waals surface area contributed by atoms with Crippen LogP contribution in [0.2, 0.25) is 19.6 Å². The number of hydrogen-bond acceptors (Lipinski definition) is 4. The number of nitrogens with one attached hydrogen (secondary N) is 1. The summed E-state index contributed by atoms with van der Waals surface area (Å²) in [6.07, 6.45) is 1.63. The monoisotopic (exact) mass is 369 g/mol. The Bertz CT molecular complexity index is 964. The third-order valence-electron chi connectivity index (χ3n) is 4.19. The van der Waals surface area contributed by atoms with Crippen LogP contribution in [0.3, 0.4) is 0 Å². The van der Waals surface area contributed by atoms with E-state index >= 15 is 0 Å². The van der Waals surface area contributed by atoms with E-state index in [0.29, 0.717) is 12.0 Å². The third-order valence-corrected chi connectivity index (χ3v) is 5.06. The summed E-state index contributed by atoms with van der Waals surface area (Å²) in [6.45, 7) is 6.30. The van der Waals surface area contributed by atoms with Crippen molar-refractivity contribution in [2.75, 3.05) is 7.05 Å². The van der Waals surface area contributed by atoms with Crippen LogP contribution >= 0.6 is 0 Å². The smallest absolute Gasteiger partial charge is 0.273 e. The summed E-state index contributed by atoms with van der Waals surface area (Å²) in [5, 5.41) is 1.75. The quantitative estimate of drug-likeness (QED) is 0.651. The fourth-order valence-electron chi connectivity index (χ4n) is 2.88. The van der Waals surface area contributed by atoms with E-state index in [-0.39, 0.29) is 6.04 Å². The lowest BCUT2D eigenvalue weighted by Gasteiger charge is -2.17. The normalized spacial score (nSPS) is 20.6. The summed E-state index contributed by atoms with van der Waals surface area (Å²) in [7, 11) is 0.215. The molecule has 1 N–H and O–H groups in total. The van der Waals surface area contributed by atoms with Crippen molar-refractivity contribution in [2.24, 2.45) is 0 Å². The first-order chi connectivity index (χ1) is 12.2. The Hall–Kier alpha value is -2.40. The van der Waals surface area contributed by atoms with Crippen molar-refractivity contribution in [2.45, 2.75) is 38.3 Å². The summed E-state index contributed by atoms with van der Waals surface area (Å²) >= 11 is 0. The van der Waals surface area contributed by atoms with Crippen molar-refractivity contribution in [3.8, 4) is 11.5 Å². The summed E-state index contributed by atoms with van der Waals surface area (Å²) in [5.74, 6) is 2.94. The van der Waals surface area contributed by atoms with Gasteiger partial charge < -0.3 is 0 Å². The van der Waals surface area contributed by atoms with Gasteiger partial charge in [0.2, 0.25) is 0 Å². The Morgan fingerprint density at radius 3 is 2.54 bits per heavy atom. The zero-order valence-corrected chi connectivity index (χ0v) is 16.4. The number of aromatic nitrogens is 2. The topological polar surface area (TPSA) is 67.3 Å². The van der Waals surface area contributed by atoms with Gasteiger partial charge in [0, 0.05) is 19.7 Å². The molecule has 0 unspecified atom stereocenters. The van der Waals surface area contributed by atoms with E-state index in [1.54, 1.807) is 5.06 Å². The fraction of sp³-hybridized carbons (Fsp3) is 0.368. The summed E-state index contributed by atoms with van der Waals surface area (Å²) < 4.78 is 1.43. The molecule has 136 valence electrons. The lowest BCUT2D eigenvalue weighted by molar-refractivity contribution is -0.167. The molecule has 2 atom stereocenters. The molecule has 26 heavy (non-hydrogen) atoms. The molecule has 1 aliphatic rings. The van der Waals surface area contributed by atoms with Gasteiger partial charge >= 0.3 is 5.69 Å². The lowest BCUT2D eigenvalue weighted by atomic mass is 10.0. The van der Waals surface area contributed by atoms with Gasteiger partial charge in [-0.05, 0) is 5.56 Å². The van der Waals surface area contributed by atoms with E-state index in [0.717, 1.165) is 5.56 Å². The predicted molar refractivity (Wildman–Crippen MR) is 103 cm³/mol.